The molecule has 0 fully saturated rings. The second-order valence-corrected chi connectivity index (χ2v) is 1.77. The maximum atomic E-state index is 9.88. The lowest BCUT2D eigenvalue weighted by Crippen LogP contribution is -1.66. The van der Waals surface area contributed by atoms with E-state index in [2.05, 4.69) is 9.05 Å². The van der Waals surface area contributed by atoms with Crippen molar-refractivity contribution in [3.05, 3.63) is 0 Å². The van der Waals surface area contributed by atoms with Gasteiger partial charge in [0.15, 0.2) is 0 Å². The Hall–Kier alpha value is 0.0200. The summed E-state index contributed by atoms with van der Waals surface area (Å²) in [7, 11) is 0.817. The average molecular weight is 141 g/mol. The Balaban J connectivity index is -0.000000125. The zero-order valence-corrected chi connectivity index (χ0v) is 4.57. The Morgan fingerprint density at radius 1 is 1.12 bits per heavy atom. The lowest BCUT2D eigenvalue weighted by atomic mass is 11.8. The molecule has 0 aliphatic rings. The summed E-state index contributed by atoms with van der Waals surface area (Å²) in [4.78, 5) is 0. The minimum Gasteiger partial charge on any atom is -0.122 e. The van der Waals surface area contributed by atoms with Crippen molar-refractivity contribution in [2.45, 2.75) is 14.9 Å². The van der Waals surface area contributed by atoms with Crippen molar-refractivity contribution in [3.8, 4) is 0 Å². The van der Waals surface area contributed by atoms with Crippen LogP contribution in [0, 0.1) is 0 Å². The van der Waals surface area contributed by atoms with Crippen molar-refractivity contribution in [1.82, 2.24) is 0 Å². The molecule has 0 rings (SSSR count). The highest BCUT2D eigenvalue weighted by Crippen LogP contribution is 2.18. The summed E-state index contributed by atoms with van der Waals surface area (Å²) in [6, 6.07) is 0. The van der Waals surface area contributed by atoms with Crippen molar-refractivity contribution in [3.63, 3.8) is 0 Å². The fourth-order valence-corrected chi connectivity index (χ4v) is 0.224. The number of hydrogen-bond acceptors (Lipinski definition) is 3. The van der Waals surface area contributed by atoms with E-state index in [4.69, 9.17) is 0 Å². The third-order valence-corrected chi connectivity index (χ3v) is 0.894. The van der Waals surface area contributed by atoms with Crippen LogP contribution in [0.5, 0.6) is 0 Å². The molecule has 0 aliphatic heterocycles. The van der Waals surface area contributed by atoms with E-state index in [1.165, 1.54) is 14.2 Å². The summed E-state index contributed by atoms with van der Waals surface area (Å²) in [6.45, 7) is 0. The molecular weight excluding hydrogens is 127 g/mol. The Bertz CT molecular complexity index is 49.2. The molecule has 0 aromatic rings. The van der Waals surface area contributed by atoms with Crippen LogP contribution in [0.2, 0.25) is 0 Å². The van der Waals surface area contributed by atoms with Crippen molar-refractivity contribution in [2.75, 3.05) is 14.2 Å². The molecule has 0 atom stereocenters. The van der Waals surface area contributed by atoms with Crippen molar-refractivity contribution < 1.29 is 13.6 Å². The molecule has 0 saturated carbocycles. The normalized spacial score (nSPS) is 6.25. The summed E-state index contributed by atoms with van der Waals surface area (Å²) < 4.78 is 18.3. The highest BCUT2D eigenvalue weighted by Gasteiger charge is 2.10. The minimum absolute atomic E-state index is 0. The third kappa shape index (κ3) is 9.39. The van der Waals surface area contributed by atoms with Gasteiger partial charge >= 0.3 is 8.25 Å². The molecule has 0 spiro atoms. The van der Waals surface area contributed by atoms with Crippen LogP contribution < -0.4 is 0 Å². The first-order valence-corrected chi connectivity index (χ1v) is 2.46. The van der Waals surface area contributed by atoms with Gasteiger partial charge in [-0.05, 0) is 0 Å². The third-order valence-electron chi connectivity index (χ3n) is 0.298. The Labute approximate surface area is 52.0 Å². The molecular formula is C4H14O3P+. The molecule has 3 nitrogen and oxygen atoms in total. The van der Waals surface area contributed by atoms with Gasteiger partial charge in [-0.2, -0.15) is 0 Å². The SMILES string of the molecule is C.C.CO[P+](=O)OC. The smallest absolute Gasteiger partial charge is 0.122 e. The van der Waals surface area contributed by atoms with E-state index in [0.717, 1.165) is 0 Å². The summed E-state index contributed by atoms with van der Waals surface area (Å²) in [5.41, 5.74) is 0. The fraction of sp³-hybridized carbons (Fsp3) is 1.00. The van der Waals surface area contributed by atoms with Crippen LogP contribution in [0.25, 0.3) is 0 Å². The Morgan fingerprint density at radius 2 is 1.38 bits per heavy atom. The van der Waals surface area contributed by atoms with Gasteiger partial charge in [-0.15, -0.1) is 9.05 Å². The van der Waals surface area contributed by atoms with Gasteiger partial charge < -0.3 is 0 Å². The van der Waals surface area contributed by atoms with Crippen LogP contribution in [0.1, 0.15) is 14.9 Å². The molecule has 0 heterocycles. The first kappa shape index (κ1) is 15.7. The molecule has 52 valence electrons. The van der Waals surface area contributed by atoms with Crippen LogP contribution in [0.4, 0.5) is 0 Å². The van der Waals surface area contributed by atoms with Gasteiger partial charge in [0, 0.05) is 4.57 Å². The molecule has 4 heteroatoms. The van der Waals surface area contributed by atoms with Gasteiger partial charge in [-0.1, -0.05) is 14.9 Å². The maximum Gasteiger partial charge on any atom is 0.696 e. The van der Waals surface area contributed by atoms with E-state index < -0.39 is 8.25 Å². The maximum absolute atomic E-state index is 9.88. The van der Waals surface area contributed by atoms with Crippen LogP contribution in [-0.2, 0) is 13.6 Å². The molecule has 0 unspecified atom stereocenters. The molecule has 0 bridgehead atoms. The molecule has 0 amide bonds. The standard InChI is InChI=1S/C2H6O3P.2CH4/c1-4-6(3)5-2;;/h1-2H3;2*1H4/q+1;;. The Kier molecular flexibility index (Phi) is 19.8. The first-order valence-electron chi connectivity index (χ1n) is 1.36. The summed E-state index contributed by atoms with van der Waals surface area (Å²) in [6.07, 6.45) is 0. The van der Waals surface area contributed by atoms with E-state index >= 15 is 0 Å². The number of hydrogen-bond donors (Lipinski definition) is 0. The second-order valence-electron chi connectivity index (χ2n) is 0.589. The quantitative estimate of drug-likeness (QED) is 0.553. The van der Waals surface area contributed by atoms with Crippen molar-refractivity contribution in [2.24, 2.45) is 0 Å². The van der Waals surface area contributed by atoms with Gasteiger partial charge in [-0.25, -0.2) is 0 Å². The van der Waals surface area contributed by atoms with E-state index in [1.54, 1.807) is 0 Å². The largest absolute Gasteiger partial charge is 0.696 e. The zero-order valence-electron chi connectivity index (χ0n) is 3.67. The highest BCUT2D eigenvalue weighted by molar-refractivity contribution is 7.33. The molecule has 0 aromatic carbocycles. The average Bonchev–Trinajstić information content (AvgIpc) is 1.65. The highest BCUT2D eigenvalue weighted by atomic mass is 31.1. The zero-order chi connectivity index (χ0) is 4.99. The van der Waals surface area contributed by atoms with Crippen LogP contribution >= 0.6 is 8.25 Å². The second kappa shape index (κ2) is 10.1. The predicted molar refractivity (Wildman–Crippen MR) is 35.1 cm³/mol. The summed E-state index contributed by atoms with van der Waals surface area (Å²) in [5.74, 6) is 0. The molecule has 0 aromatic heterocycles. The minimum atomic E-state index is -1.83. The van der Waals surface area contributed by atoms with Crippen LogP contribution in [-0.4, -0.2) is 14.2 Å². The first-order chi connectivity index (χ1) is 2.81. The molecule has 8 heavy (non-hydrogen) atoms. The van der Waals surface area contributed by atoms with Gasteiger partial charge in [0.1, 0.15) is 0 Å². The summed E-state index contributed by atoms with van der Waals surface area (Å²) in [5, 5.41) is 0. The monoisotopic (exact) mass is 141 g/mol. The lowest BCUT2D eigenvalue weighted by Gasteiger charge is -1.66. The van der Waals surface area contributed by atoms with Gasteiger partial charge in [-0.3, -0.25) is 0 Å². The van der Waals surface area contributed by atoms with Crippen LogP contribution in [0.3, 0.4) is 0 Å². The van der Waals surface area contributed by atoms with Gasteiger partial charge in [0.25, 0.3) is 0 Å². The Morgan fingerprint density at radius 3 is 1.38 bits per heavy atom. The van der Waals surface area contributed by atoms with Crippen LogP contribution in [0.15, 0.2) is 0 Å². The van der Waals surface area contributed by atoms with E-state index in [0.29, 0.717) is 0 Å². The fourth-order valence-electron chi connectivity index (χ4n) is 0.0745. The van der Waals surface area contributed by atoms with Gasteiger partial charge in [0.05, 0.1) is 14.2 Å². The molecule has 0 N–H and O–H groups in total. The van der Waals surface area contributed by atoms with Crippen molar-refractivity contribution in [1.29, 1.82) is 0 Å². The van der Waals surface area contributed by atoms with Crippen molar-refractivity contribution >= 4 is 8.25 Å². The van der Waals surface area contributed by atoms with E-state index in [9.17, 15) is 4.57 Å². The topological polar surface area (TPSA) is 35.5 Å². The van der Waals surface area contributed by atoms with E-state index in [1.807, 2.05) is 0 Å². The van der Waals surface area contributed by atoms with Gasteiger partial charge in [0.2, 0.25) is 0 Å². The molecule has 0 aliphatic carbocycles. The summed E-state index contributed by atoms with van der Waals surface area (Å²) >= 11 is 0. The number of rotatable bonds is 2. The predicted octanol–water partition coefficient (Wildman–Crippen LogP) is 2.21. The molecule has 0 saturated heterocycles. The van der Waals surface area contributed by atoms with E-state index in [-0.39, 0.29) is 14.9 Å². The molecule has 0 radical (unpaired) electrons. The lowest BCUT2D eigenvalue weighted by molar-refractivity contribution is 0.302.